The van der Waals surface area contributed by atoms with Crippen molar-refractivity contribution in [3.63, 3.8) is 0 Å². The Morgan fingerprint density at radius 1 is 1.00 bits per heavy atom. The van der Waals surface area contributed by atoms with Crippen molar-refractivity contribution in [2.75, 3.05) is 26.3 Å². The van der Waals surface area contributed by atoms with E-state index in [2.05, 4.69) is 21.2 Å². The van der Waals surface area contributed by atoms with Gasteiger partial charge in [-0.3, -0.25) is 9.47 Å². The number of benzene rings is 2. The molecule has 6 nitrogen and oxygen atoms in total. The first-order valence-electron chi connectivity index (χ1n) is 10.5. The highest BCUT2D eigenvalue weighted by atomic mass is 35.5. The van der Waals surface area contributed by atoms with Crippen LogP contribution in [0.25, 0.3) is 5.69 Å². The molecule has 2 aromatic carbocycles. The second kappa shape index (κ2) is 8.43. The normalized spacial score (nSPS) is 21.3. The van der Waals surface area contributed by atoms with E-state index in [1.165, 1.54) is 5.56 Å². The van der Waals surface area contributed by atoms with Gasteiger partial charge in [-0.2, -0.15) is 0 Å². The van der Waals surface area contributed by atoms with E-state index in [0.29, 0.717) is 10.8 Å². The van der Waals surface area contributed by atoms with Crippen molar-refractivity contribution in [3.8, 4) is 11.4 Å². The number of hydrogen-bond acceptors (Lipinski definition) is 5. The summed E-state index contributed by atoms with van der Waals surface area (Å²) in [6.45, 7) is 7.12. The van der Waals surface area contributed by atoms with E-state index in [-0.39, 0.29) is 12.1 Å². The van der Waals surface area contributed by atoms with Crippen LogP contribution < -0.4 is 4.74 Å². The molecule has 0 amide bonds. The molecule has 2 heterocycles. The predicted octanol–water partition coefficient (Wildman–Crippen LogP) is 4.57. The Bertz CT molecular complexity index is 1090. The van der Waals surface area contributed by atoms with Crippen molar-refractivity contribution in [2.45, 2.75) is 32.4 Å². The highest BCUT2D eigenvalue weighted by molar-refractivity contribution is 6.32. The van der Waals surface area contributed by atoms with Gasteiger partial charge in [0, 0.05) is 18.1 Å². The Morgan fingerprint density at radius 3 is 2.45 bits per heavy atom. The van der Waals surface area contributed by atoms with E-state index < -0.39 is 0 Å². The number of halogens is 2. The van der Waals surface area contributed by atoms with Crippen molar-refractivity contribution in [2.24, 2.45) is 0 Å². The molecule has 0 saturated carbocycles. The van der Waals surface area contributed by atoms with Crippen LogP contribution in [0.5, 0.6) is 5.75 Å². The first-order chi connectivity index (χ1) is 15.0. The van der Waals surface area contributed by atoms with Crippen LogP contribution in [-0.4, -0.2) is 52.0 Å². The number of aromatic nitrogens is 3. The van der Waals surface area contributed by atoms with Crippen molar-refractivity contribution < 1.29 is 9.47 Å². The van der Waals surface area contributed by atoms with Gasteiger partial charge in [0.15, 0.2) is 0 Å². The van der Waals surface area contributed by atoms with Crippen molar-refractivity contribution in [1.82, 2.24) is 19.7 Å². The van der Waals surface area contributed by atoms with Gasteiger partial charge in [-0.1, -0.05) is 29.3 Å². The zero-order chi connectivity index (χ0) is 21.5. The van der Waals surface area contributed by atoms with Gasteiger partial charge in [0.25, 0.3) is 0 Å². The third-order valence-electron chi connectivity index (χ3n) is 6.12. The fourth-order valence-corrected chi connectivity index (χ4v) is 5.03. The molecule has 0 radical (unpaired) electrons. The van der Waals surface area contributed by atoms with Crippen molar-refractivity contribution >= 4 is 23.2 Å². The summed E-state index contributed by atoms with van der Waals surface area (Å²) in [5, 5.41) is 9.54. The summed E-state index contributed by atoms with van der Waals surface area (Å²) in [5.74, 6) is 2.29. The highest BCUT2D eigenvalue weighted by Crippen LogP contribution is 2.41. The number of rotatable bonds is 4. The average molecular weight is 459 g/mol. The SMILES string of the molecule is Cc1nnc(C)n1-c1ccc(O[C@@H]2c3cc(Cl)ccc3C[C@@H]2N2CCOCC2)c(Cl)c1. The van der Waals surface area contributed by atoms with Crippen LogP contribution in [0.4, 0.5) is 0 Å². The smallest absolute Gasteiger partial charge is 0.140 e. The summed E-state index contributed by atoms with van der Waals surface area (Å²) < 4.78 is 14.1. The Labute approximate surface area is 191 Å². The van der Waals surface area contributed by atoms with E-state index in [1.807, 2.05) is 48.7 Å². The van der Waals surface area contributed by atoms with Gasteiger partial charge >= 0.3 is 0 Å². The summed E-state index contributed by atoms with van der Waals surface area (Å²) in [7, 11) is 0. The molecule has 1 aromatic heterocycles. The summed E-state index contributed by atoms with van der Waals surface area (Å²) in [6, 6.07) is 12.1. The molecule has 1 fully saturated rings. The zero-order valence-corrected chi connectivity index (χ0v) is 19.0. The van der Waals surface area contributed by atoms with Gasteiger partial charge in [0.05, 0.1) is 30.0 Å². The van der Waals surface area contributed by atoms with Crippen LogP contribution >= 0.6 is 23.2 Å². The molecule has 2 aliphatic rings. The molecule has 1 aliphatic heterocycles. The number of fused-ring (bicyclic) bond motifs is 1. The number of hydrogen-bond donors (Lipinski definition) is 0. The molecule has 0 unspecified atom stereocenters. The number of aryl methyl sites for hydroxylation is 2. The molecular weight excluding hydrogens is 435 g/mol. The van der Waals surface area contributed by atoms with Crippen LogP contribution in [0.2, 0.25) is 10.0 Å². The third kappa shape index (κ3) is 3.94. The lowest BCUT2D eigenvalue weighted by atomic mass is 10.1. The summed E-state index contributed by atoms with van der Waals surface area (Å²) in [6.07, 6.45) is 0.778. The molecule has 3 aromatic rings. The lowest BCUT2D eigenvalue weighted by Crippen LogP contribution is -2.46. The van der Waals surface area contributed by atoms with Gasteiger partial charge in [-0.15, -0.1) is 10.2 Å². The van der Waals surface area contributed by atoms with Crippen LogP contribution in [0.1, 0.15) is 28.9 Å². The maximum atomic E-state index is 6.68. The monoisotopic (exact) mass is 458 g/mol. The van der Waals surface area contributed by atoms with Gasteiger partial charge in [-0.25, -0.2) is 0 Å². The summed E-state index contributed by atoms with van der Waals surface area (Å²) in [5.41, 5.74) is 3.32. The Morgan fingerprint density at radius 2 is 1.74 bits per heavy atom. The van der Waals surface area contributed by atoms with Crippen molar-refractivity contribution in [1.29, 1.82) is 0 Å². The molecule has 31 heavy (non-hydrogen) atoms. The largest absolute Gasteiger partial charge is 0.482 e. The van der Waals surface area contributed by atoms with Crippen LogP contribution in [0.15, 0.2) is 36.4 Å². The fourth-order valence-electron chi connectivity index (χ4n) is 4.63. The topological polar surface area (TPSA) is 52.4 Å². The molecule has 1 saturated heterocycles. The minimum absolute atomic E-state index is 0.145. The molecule has 1 aliphatic carbocycles. The van der Waals surface area contributed by atoms with E-state index in [0.717, 1.165) is 60.6 Å². The van der Waals surface area contributed by atoms with Gasteiger partial charge in [0.2, 0.25) is 0 Å². The third-order valence-corrected chi connectivity index (χ3v) is 6.65. The Kier molecular flexibility index (Phi) is 5.65. The summed E-state index contributed by atoms with van der Waals surface area (Å²) >= 11 is 13.0. The summed E-state index contributed by atoms with van der Waals surface area (Å²) in [4.78, 5) is 2.45. The van der Waals surface area contributed by atoms with E-state index in [1.54, 1.807) is 0 Å². The van der Waals surface area contributed by atoms with E-state index >= 15 is 0 Å². The standard InChI is InChI=1S/C23H24Cl2N4O2/c1-14-26-27-15(2)29(14)18-5-6-22(20(25)13-18)31-23-19-12-17(24)4-3-16(19)11-21(23)28-7-9-30-10-8-28/h3-6,12-13,21,23H,7-11H2,1-2H3/t21-,23+/m0/s1. The predicted molar refractivity (Wildman–Crippen MR) is 121 cm³/mol. The quantitative estimate of drug-likeness (QED) is 0.572. The number of morpholine rings is 1. The Balaban J connectivity index is 1.47. The molecule has 162 valence electrons. The van der Waals surface area contributed by atoms with Crippen LogP contribution in [0, 0.1) is 13.8 Å². The lowest BCUT2D eigenvalue weighted by Gasteiger charge is -2.35. The zero-order valence-electron chi connectivity index (χ0n) is 17.5. The molecular formula is C23H24Cl2N4O2. The molecule has 2 atom stereocenters. The molecule has 0 N–H and O–H groups in total. The van der Waals surface area contributed by atoms with E-state index in [4.69, 9.17) is 32.7 Å². The molecule has 0 spiro atoms. The second-order valence-electron chi connectivity index (χ2n) is 8.05. The lowest BCUT2D eigenvalue weighted by molar-refractivity contribution is -0.0102. The maximum absolute atomic E-state index is 6.68. The van der Waals surface area contributed by atoms with Gasteiger partial charge in [0.1, 0.15) is 23.5 Å². The minimum Gasteiger partial charge on any atom is -0.482 e. The maximum Gasteiger partial charge on any atom is 0.140 e. The van der Waals surface area contributed by atoms with E-state index in [9.17, 15) is 0 Å². The van der Waals surface area contributed by atoms with Gasteiger partial charge < -0.3 is 9.47 Å². The van der Waals surface area contributed by atoms with Crippen LogP contribution in [0.3, 0.4) is 0 Å². The first kappa shape index (κ1) is 20.8. The van der Waals surface area contributed by atoms with Crippen molar-refractivity contribution in [3.05, 3.63) is 69.2 Å². The molecule has 0 bridgehead atoms. The molecule has 5 rings (SSSR count). The number of ether oxygens (including phenoxy) is 2. The number of nitrogens with zero attached hydrogens (tertiary/aromatic N) is 4. The first-order valence-corrected chi connectivity index (χ1v) is 11.2. The second-order valence-corrected chi connectivity index (χ2v) is 8.89. The van der Waals surface area contributed by atoms with Crippen LogP contribution in [-0.2, 0) is 11.2 Å². The molecule has 8 heteroatoms. The minimum atomic E-state index is -0.145. The Hall–Kier alpha value is -2.12. The highest BCUT2D eigenvalue weighted by Gasteiger charge is 2.39. The average Bonchev–Trinajstić information content (AvgIpc) is 3.29. The van der Waals surface area contributed by atoms with Gasteiger partial charge in [-0.05, 0) is 61.7 Å². The fraction of sp³-hybridized carbons (Fsp3) is 0.391.